The molecule has 1 heterocycles. The lowest BCUT2D eigenvalue weighted by atomic mass is 9.95. The molecule has 0 aromatic rings. The van der Waals surface area contributed by atoms with Gasteiger partial charge in [-0.05, 0) is 31.8 Å². The molecule has 0 aromatic heterocycles. The van der Waals surface area contributed by atoms with Gasteiger partial charge in [0.2, 0.25) is 5.91 Å². The maximum absolute atomic E-state index is 11.8. The second kappa shape index (κ2) is 13.5. The third kappa shape index (κ3) is 14.2. The van der Waals surface area contributed by atoms with Crippen LogP contribution in [0.4, 0.5) is 0 Å². The fourth-order valence-corrected chi connectivity index (χ4v) is 2.48. The normalized spacial score (nSPS) is 15.1. The zero-order chi connectivity index (χ0) is 20.8. The number of hydrogen-bond acceptors (Lipinski definition) is 7. The number of hydrogen-bond donors (Lipinski definition) is 3. The van der Waals surface area contributed by atoms with Gasteiger partial charge >= 0.3 is 11.9 Å². The Morgan fingerprint density at radius 2 is 1.74 bits per heavy atom. The molecule has 0 bridgehead atoms. The number of piperidine rings is 1. The van der Waals surface area contributed by atoms with Crippen LogP contribution in [0.5, 0.6) is 0 Å². The van der Waals surface area contributed by atoms with Crippen molar-refractivity contribution in [1.29, 1.82) is 0 Å². The molecule has 27 heavy (non-hydrogen) atoms. The van der Waals surface area contributed by atoms with Gasteiger partial charge in [0.1, 0.15) is 6.61 Å². The summed E-state index contributed by atoms with van der Waals surface area (Å²) in [6, 6.07) is 0. The molecule has 1 saturated heterocycles. The maximum Gasteiger partial charge on any atom is 0.328 e. The average molecular weight is 389 g/mol. The molecule has 0 saturated carbocycles. The third-order valence-corrected chi connectivity index (χ3v) is 3.55. The van der Waals surface area contributed by atoms with Crippen LogP contribution in [-0.4, -0.2) is 70.8 Å². The van der Waals surface area contributed by atoms with Gasteiger partial charge in [-0.3, -0.25) is 4.79 Å². The van der Waals surface area contributed by atoms with Gasteiger partial charge in [-0.15, -0.1) is 10.1 Å². The molecule has 0 radical (unpaired) electrons. The van der Waals surface area contributed by atoms with Gasteiger partial charge in [-0.25, -0.2) is 9.59 Å². The van der Waals surface area contributed by atoms with Crippen molar-refractivity contribution < 1.29 is 34.5 Å². The molecule has 0 aliphatic carbocycles. The second-order valence-electron chi connectivity index (χ2n) is 6.33. The Balaban J connectivity index is 0.000000713. The van der Waals surface area contributed by atoms with Crippen molar-refractivity contribution in [3.63, 3.8) is 0 Å². The molecule has 11 heteroatoms. The van der Waals surface area contributed by atoms with Gasteiger partial charge in [0.05, 0.1) is 0 Å². The van der Waals surface area contributed by atoms with Crippen LogP contribution in [0.1, 0.15) is 26.7 Å². The minimum atomic E-state index is -1.26. The molecule has 0 unspecified atom stereocenters. The van der Waals surface area contributed by atoms with Crippen molar-refractivity contribution in [2.45, 2.75) is 26.7 Å². The smallest absolute Gasteiger partial charge is 0.328 e. The number of nitrogens with zero attached hydrogens (tertiary/aromatic N) is 2. The standard InChI is InChI=1S/C12H23N3O4.C4H4O4/c1-10(2)9-14-6-3-11(4-7-14)12(16)13-5-8-19-15(17)18;5-3(6)1-2-4(7)8/h10-11H,3-9H2,1-2H3,(H,13,16);1-2H,(H,5,6)(H,7,8). The molecular formula is C16H27N3O8. The van der Waals surface area contributed by atoms with Crippen molar-refractivity contribution in [2.24, 2.45) is 11.8 Å². The van der Waals surface area contributed by atoms with E-state index in [1.165, 1.54) is 0 Å². The zero-order valence-electron chi connectivity index (χ0n) is 15.5. The van der Waals surface area contributed by atoms with Crippen LogP contribution in [0, 0.1) is 22.0 Å². The molecule has 0 spiro atoms. The first-order valence-corrected chi connectivity index (χ1v) is 8.53. The SMILES string of the molecule is CC(C)CN1CCC(C(=O)NCCO[N+](=O)[O-])CC1.O=C(O)C=CC(=O)O. The Labute approximate surface area is 157 Å². The van der Waals surface area contributed by atoms with E-state index >= 15 is 0 Å². The Hall–Kier alpha value is -2.69. The first-order valence-electron chi connectivity index (χ1n) is 8.53. The van der Waals surface area contributed by atoms with E-state index in [0.717, 1.165) is 32.5 Å². The van der Waals surface area contributed by atoms with Crippen LogP contribution < -0.4 is 5.32 Å². The highest BCUT2D eigenvalue weighted by Crippen LogP contribution is 2.18. The Morgan fingerprint density at radius 1 is 1.22 bits per heavy atom. The van der Waals surface area contributed by atoms with Crippen molar-refractivity contribution in [2.75, 3.05) is 32.8 Å². The largest absolute Gasteiger partial charge is 0.478 e. The number of rotatable bonds is 9. The van der Waals surface area contributed by atoms with E-state index in [1.807, 2.05) is 0 Å². The number of carbonyl (C=O) groups excluding carboxylic acids is 1. The fourth-order valence-electron chi connectivity index (χ4n) is 2.48. The summed E-state index contributed by atoms with van der Waals surface area (Å²) >= 11 is 0. The summed E-state index contributed by atoms with van der Waals surface area (Å²) in [5, 5.41) is 27.4. The summed E-state index contributed by atoms with van der Waals surface area (Å²) in [4.78, 5) is 47.4. The first kappa shape index (κ1) is 24.3. The first-order chi connectivity index (χ1) is 12.6. The molecule has 0 atom stereocenters. The van der Waals surface area contributed by atoms with E-state index in [4.69, 9.17) is 10.2 Å². The van der Waals surface area contributed by atoms with Crippen LogP contribution in [0.15, 0.2) is 12.2 Å². The summed E-state index contributed by atoms with van der Waals surface area (Å²) in [7, 11) is 0. The summed E-state index contributed by atoms with van der Waals surface area (Å²) in [6.45, 7) is 7.44. The van der Waals surface area contributed by atoms with Crippen LogP contribution in [-0.2, 0) is 19.2 Å². The molecule has 1 aliphatic heterocycles. The summed E-state index contributed by atoms with van der Waals surface area (Å²) in [5.74, 6) is -1.86. The van der Waals surface area contributed by atoms with Crippen molar-refractivity contribution >= 4 is 17.8 Å². The lowest BCUT2D eigenvalue weighted by Gasteiger charge is -2.32. The average Bonchev–Trinajstić information content (AvgIpc) is 2.57. The highest BCUT2D eigenvalue weighted by atomic mass is 16.9. The molecule has 1 amide bonds. The monoisotopic (exact) mass is 389 g/mol. The van der Waals surface area contributed by atoms with E-state index in [-0.39, 0.29) is 25.0 Å². The zero-order valence-corrected chi connectivity index (χ0v) is 15.5. The van der Waals surface area contributed by atoms with Crippen molar-refractivity contribution in [3.8, 4) is 0 Å². The fraction of sp³-hybridized carbons (Fsp3) is 0.688. The highest BCUT2D eigenvalue weighted by molar-refractivity contribution is 5.89. The molecule has 3 N–H and O–H groups in total. The minimum absolute atomic E-state index is 0.0175. The number of carboxylic acids is 2. The number of nitrogens with one attached hydrogen (secondary N) is 1. The molecule has 1 fully saturated rings. The third-order valence-electron chi connectivity index (χ3n) is 3.55. The Bertz CT molecular complexity index is 512. The second-order valence-corrected chi connectivity index (χ2v) is 6.33. The van der Waals surface area contributed by atoms with Gasteiger partial charge < -0.3 is 25.3 Å². The van der Waals surface area contributed by atoms with Crippen molar-refractivity contribution in [3.05, 3.63) is 22.3 Å². The van der Waals surface area contributed by atoms with Gasteiger partial charge in [-0.2, -0.15) is 0 Å². The maximum atomic E-state index is 11.8. The number of amides is 1. The summed E-state index contributed by atoms with van der Waals surface area (Å²) in [6.07, 6.45) is 2.83. The van der Waals surface area contributed by atoms with Gasteiger partial charge in [0.25, 0.3) is 5.09 Å². The molecule has 11 nitrogen and oxygen atoms in total. The molecule has 0 aromatic carbocycles. The number of carbonyl (C=O) groups is 3. The van der Waals surface area contributed by atoms with E-state index in [0.29, 0.717) is 18.1 Å². The quantitative estimate of drug-likeness (QED) is 0.219. The van der Waals surface area contributed by atoms with E-state index in [1.54, 1.807) is 0 Å². The molecule has 154 valence electrons. The topological polar surface area (TPSA) is 159 Å². The van der Waals surface area contributed by atoms with E-state index < -0.39 is 17.0 Å². The Morgan fingerprint density at radius 3 is 2.15 bits per heavy atom. The predicted octanol–water partition coefficient (Wildman–Crippen LogP) is 0.391. The predicted molar refractivity (Wildman–Crippen MR) is 94.4 cm³/mol. The van der Waals surface area contributed by atoms with E-state index in [9.17, 15) is 24.5 Å². The number of carboxylic acid groups (broad SMARTS) is 2. The molecule has 1 aliphatic rings. The summed E-state index contributed by atoms with van der Waals surface area (Å²) in [5.41, 5.74) is 0. The van der Waals surface area contributed by atoms with Crippen LogP contribution >= 0.6 is 0 Å². The van der Waals surface area contributed by atoms with Gasteiger partial charge in [-0.1, -0.05) is 13.8 Å². The highest BCUT2D eigenvalue weighted by Gasteiger charge is 2.24. The van der Waals surface area contributed by atoms with Crippen LogP contribution in [0.3, 0.4) is 0 Å². The van der Waals surface area contributed by atoms with Gasteiger partial charge in [0, 0.05) is 31.2 Å². The molecule has 1 rings (SSSR count). The lowest BCUT2D eigenvalue weighted by Crippen LogP contribution is -2.42. The molecular weight excluding hydrogens is 362 g/mol. The van der Waals surface area contributed by atoms with Gasteiger partial charge in [0.15, 0.2) is 0 Å². The lowest BCUT2D eigenvalue weighted by molar-refractivity contribution is -0.757. The minimum Gasteiger partial charge on any atom is -0.478 e. The van der Waals surface area contributed by atoms with E-state index in [2.05, 4.69) is 28.9 Å². The number of likely N-dealkylation sites (tertiary alicyclic amines) is 1. The number of aliphatic carboxylic acids is 2. The van der Waals surface area contributed by atoms with Crippen LogP contribution in [0.25, 0.3) is 0 Å². The van der Waals surface area contributed by atoms with Crippen molar-refractivity contribution in [1.82, 2.24) is 10.2 Å². The Kier molecular flexibility index (Phi) is 12.2. The van der Waals surface area contributed by atoms with Crippen LogP contribution in [0.2, 0.25) is 0 Å². The summed E-state index contributed by atoms with van der Waals surface area (Å²) < 4.78 is 0.